The number of benzene rings is 1. The van der Waals surface area contributed by atoms with Gasteiger partial charge in [0.2, 0.25) is 0 Å². The number of nitrogens with zero attached hydrogens (tertiary/aromatic N) is 3. The van der Waals surface area contributed by atoms with Gasteiger partial charge in [-0.05, 0) is 37.6 Å². The van der Waals surface area contributed by atoms with Crippen LogP contribution in [0, 0.1) is 6.92 Å². The van der Waals surface area contributed by atoms with E-state index >= 15 is 0 Å². The zero-order valence-corrected chi connectivity index (χ0v) is 15.9. The first-order valence-corrected chi connectivity index (χ1v) is 9.61. The highest BCUT2D eigenvalue weighted by Crippen LogP contribution is 2.53. The van der Waals surface area contributed by atoms with Gasteiger partial charge in [0.25, 0.3) is 0 Å². The van der Waals surface area contributed by atoms with Crippen LogP contribution in [0.25, 0.3) is 10.9 Å². The van der Waals surface area contributed by atoms with E-state index in [0.717, 1.165) is 44.8 Å². The molecule has 0 amide bonds. The van der Waals surface area contributed by atoms with E-state index < -0.39 is 0 Å². The lowest BCUT2D eigenvalue weighted by Gasteiger charge is -2.27. The number of rotatable bonds is 4. The Morgan fingerprint density at radius 1 is 1.12 bits per heavy atom. The van der Waals surface area contributed by atoms with Crippen molar-refractivity contribution in [2.24, 2.45) is 0 Å². The number of hydrogen-bond acceptors (Lipinski definition) is 5. The zero-order valence-electron chi connectivity index (χ0n) is 14.4. The molecule has 1 saturated heterocycles. The fraction of sp³-hybridized carbons (Fsp3) is 0.350. The molecule has 5 nitrogen and oxygen atoms in total. The second kappa shape index (κ2) is 6.28. The van der Waals surface area contributed by atoms with Gasteiger partial charge in [-0.3, -0.25) is 4.98 Å². The lowest BCUT2D eigenvalue weighted by molar-refractivity contribution is -0.0791. The molecule has 3 heterocycles. The molecule has 2 fully saturated rings. The Morgan fingerprint density at radius 2 is 2.00 bits per heavy atom. The third-order valence-electron chi connectivity index (χ3n) is 4.97. The molecule has 1 aliphatic carbocycles. The van der Waals surface area contributed by atoms with Gasteiger partial charge in [0.05, 0.1) is 18.7 Å². The summed E-state index contributed by atoms with van der Waals surface area (Å²) in [5.41, 5.74) is 3.01. The van der Waals surface area contributed by atoms with E-state index in [0.29, 0.717) is 25.0 Å². The molecule has 3 aromatic rings. The van der Waals surface area contributed by atoms with Crippen molar-refractivity contribution in [3.63, 3.8) is 0 Å². The monoisotopic (exact) mass is 411 g/mol. The summed E-state index contributed by atoms with van der Waals surface area (Å²) in [4.78, 5) is 14.0. The molecular formula is C20H18BrN3O2. The summed E-state index contributed by atoms with van der Waals surface area (Å²) < 4.78 is 12.4. The molecule has 2 aromatic heterocycles. The normalized spacial score (nSPS) is 22.2. The minimum atomic E-state index is 0.132. The fourth-order valence-corrected chi connectivity index (χ4v) is 3.74. The van der Waals surface area contributed by atoms with E-state index in [9.17, 15) is 0 Å². The number of ether oxygens (including phenoxy) is 2. The van der Waals surface area contributed by atoms with Gasteiger partial charge in [0, 0.05) is 45.3 Å². The summed E-state index contributed by atoms with van der Waals surface area (Å²) in [6.45, 7) is 3.30. The minimum absolute atomic E-state index is 0.132. The first kappa shape index (κ1) is 16.1. The molecule has 5 rings (SSSR count). The quantitative estimate of drug-likeness (QED) is 0.645. The maximum Gasteiger partial charge on any atom is 0.145 e. The van der Waals surface area contributed by atoms with E-state index in [1.807, 2.05) is 31.3 Å². The Hall–Kier alpha value is -2.05. The van der Waals surface area contributed by atoms with E-state index in [1.54, 1.807) is 0 Å². The van der Waals surface area contributed by atoms with Crippen LogP contribution in [0.4, 0.5) is 0 Å². The van der Waals surface area contributed by atoms with Crippen molar-refractivity contribution in [1.82, 2.24) is 15.0 Å². The van der Waals surface area contributed by atoms with Crippen LogP contribution in [0.15, 0.2) is 41.0 Å². The summed E-state index contributed by atoms with van der Waals surface area (Å²) in [5.74, 6) is 2.50. The van der Waals surface area contributed by atoms with Crippen molar-refractivity contribution in [3.8, 4) is 5.75 Å². The predicted octanol–water partition coefficient (Wildman–Crippen LogP) is 4.14. The van der Waals surface area contributed by atoms with E-state index in [4.69, 9.17) is 14.5 Å². The van der Waals surface area contributed by atoms with Gasteiger partial charge in [-0.2, -0.15) is 0 Å². The third kappa shape index (κ3) is 2.97. The smallest absolute Gasteiger partial charge is 0.145 e. The van der Waals surface area contributed by atoms with Crippen molar-refractivity contribution in [2.45, 2.75) is 31.3 Å². The van der Waals surface area contributed by atoms with Crippen LogP contribution in [0.3, 0.4) is 0 Å². The molecule has 132 valence electrons. The summed E-state index contributed by atoms with van der Waals surface area (Å²) in [7, 11) is 0. The predicted molar refractivity (Wildman–Crippen MR) is 102 cm³/mol. The molecule has 2 atom stereocenters. The molecule has 1 aliphatic heterocycles. The van der Waals surface area contributed by atoms with Crippen LogP contribution >= 0.6 is 15.9 Å². The Kier molecular flexibility index (Phi) is 3.90. The molecule has 0 N–H and O–H groups in total. The highest BCUT2D eigenvalue weighted by molar-refractivity contribution is 9.10. The minimum Gasteiger partial charge on any atom is -0.485 e. The topological polar surface area (TPSA) is 57.1 Å². The van der Waals surface area contributed by atoms with Crippen molar-refractivity contribution in [1.29, 1.82) is 0 Å². The van der Waals surface area contributed by atoms with Gasteiger partial charge in [-0.25, -0.2) is 9.97 Å². The van der Waals surface area contributed by atoms with Gasteiger partial charge >= 0.3 is 0 Å². The van der Waals surface area contributed by atoms with Gasteiger partial charge in [0.15, 0.2) is 0 Å². The zero-order chi connectivity index (χ0) is 17.7. The second-order valence-electron chi connectivity index (χ2n) is 6.99. The van der Waals surface area contributed by atoms with Crippen LogP contribution in [0.2, 0.25) is 0 Å². The van der Waals surface area contributed by atoms with E-state index in [-0.39, 0.29) is 6.10 Å². The largest absolute Gasteiger partial charge is 0.485 e. The molecule has 0 unspecified atom stereocenters. The Balaban J connectivity index is 1.51. The highest BCUT2D eigenvalue weighted by atomic mass is 79.9. The molecule has 2 aliphatic rings. The van der Waals surface area contributed by atoms with Gasteiger partial charge in [-0.15, -0.1) is 0 Å². The number of fused-ring (bicyclic) bond motifs is 1. The van der Waals surface area contributed by atoms with Crippen LogP contribution in [-0.4, -0.2) is 34.3 Å². The molecule has 1 saturated carbocycles. The third-order valence-corrected chi connectivity index (χ3v) is 5.46. The Bertz CT molecular complexity index is 990. The van der Waals surface area contributed by atoms with Gasteiger partial charge < -0.3 is 9.47 Å². The average molecular weight is 412 g/mol. The SMILES string of the molecule is Cc1ccnc([C@H]2C[C@@H]2c2cc(OC3COC3)c3ccc(Br)cc3n2)n1. The van der Waals surface area contributed by atoms with E-state index in [2.05, 4.69) is 38.0 Å². The number of halogens is 1. The molecule has 0 radical (unpaired) electrons. The van der Waals surface area contributed by atoms with Crippen molar-refractivity contribution in [2.75, 3.05) is 13.2 Å². The number of aryl methyl sites for hydroxylation is 1. The maximum atomic E-state index is 6.17. The lowest BCUT2D eigenvalue weighted by Crippen LogP contribution is -2.38. The fourth-order valence-electron chi connectivity index (χ4n) is 3.39. The van der Waals surface area contributed by atoms with Crippen LogP contribution in [-0.2, 0) is 4.74 Å². The Morgan fingerprint density at radius 3 is 2.77 bits per heavy atom. The summed E-state index contributed by atoms with van der Waals surface area (Å²) in [5, 5.41) is 1.04. The molecular weight excluding hydrogens is 394 g/mol. The number of aromatic nitrogens is 3. The lowest BCUT2D eigenvalue weighted by atomic mass is 10.1. The van der Waals surface area contributed by atoms with Crippen LogP contribution in [0.5, 0.6) is 5.75 Å². The molecule has 26 heavy (non-hydrogen) atoms. The average Bonchev–Trinajstić information content (AvgIpc) is 3.38. The maximum absolute atomic E-state index is 6.17. The number of hydrogen-bond donors (Lipinski definition) is 0. The highest BCUT2D eigenvalue weighted by Gasteiger charge is 2.43. The summed E-state index contributed by atoms with van der Waals surface area (Å²) in [6, 6.07) is 10.1. The van der Waals surface area contributed by atoms with Crippen LogP contribution in [0.1, 0.15) is 35.5 Å². The van der Waals surface area contributed by atoms with Crippen molar-refractivity contribution in [3.05, 3.63) is 58.2 Å². The van der Waals surface area contributed by atoms with Gasteiger partial charge in [-0.1, -0.05) is 15.9 Å². The first-order chi connectivity index (χ1) is 12.7. The van der Waals surface area contributed by atoms with Crippen molar-refractivity contribution >= 4 is 26.8 Å². The van der Waals surface area contributed by atoms with Gasteiger partial charge in [0.1, 0.15) is 17.7 Å². The molecule has 0 bridgehead atoms. The van der Waals surface area contributed by atoms with E-state index in [1.165, 1.54) is 0 Å². The molecule has 6 heteroatoms. The van der Waals surface area contributed by atoms with Crippen LogP contribution < -0.4 is 4.74 Å². The first-order valence-electron chi connectivity index (χ1n) is 8.81. The molecule has 1 aromatic carbocycles. The van der Waals surface area contributed by atoms with Crippen molar-refractivity contribution < 1.29 is 9.47 Å². The second-order valence-corrected chi connectivity index (χ2v) is 7.90. The Labute approximate surface area is 159 Å². The molecule has 0 spiro atoms. The summed E-state index contributed by atoms with van der Waals surface area (Å²) in [6.07, 6.45) is 3.00. The summed E-state index contributed by atoms with van der Waals surface area (Å²) >= 11 is 3.55. The number of pyridine rings is 1. The standard InChI is InChI=1S/C20H18BrN3O2/c1-11-4-5-22-20(23-11)16-7-15(16)18-8-19(26-13-9-25-10-13)14-3-2-12(21)6-17(14)24-18/h2-6,8,13,15-16H,7,9-10H2,1H3/t15-,16-/m0/s1.